The number of amides is 1. The number of unbranched alkanes of at least 4 members (excludes halogenated alkanes) is 15. The molecule has 1 amide bonds. The Bertz CT molecular complexity index is 1110. The monoisotopic (exact) mass is 564 g/mol. The number of fused-ring (bicyclic) bond motifs is 1. The molecule has 0 spiro atoms. The van der Waals surface area contributed by atoms with Crippen molar-refractivity contribution in [1.82, 2.24) is 0 Å². The molecule has 2 aromatic carbocycles. The van der Waals surface area contributed by atoms with Gasteiger partial charge in [-0.15, -0.1) is 0 Å². The van der Waals surface area contributed by atoms with Crippen molar-refractivity contribution in [2.75, 3.05) is 5.32 Å². The van der Waals surface area contributed by atoms with Gasteiger partial charge in [-0.1, -0.05) is 134 Å². The molecule has 0 atom stereocenters. The van der Waals surface area contributed by atoms with Crippen LogP contribution in [0.2, 0.25) is 0 Å². The van der Waals surface area contributed by atoms with Crippen molar-refractivity contribution in [2.24, 2.45) is 4.99 Å². The van der Waals surface area contributed by atoms with Crippen LogP contribution < -0.4 is 5.32 Å². The number of rotatable bonds is 19. The molecule has 7 nitrogen and oxygen atoms in total. The predicted molar refractivity (Wildman–Crippen MR) is 166 cm³/mol. The first-order chi connectivity index (χ1) is 19.9. The molecule has 3 N–H and O–H groups in total. The Morgan fingerprint density at radius 3 is 1.71 bits per heavy atom. The first kappa shape index (κ1) is 33.7. The van der Waals surface area contributed by atoms with Gasteiger partial charge in [-0.25, -0.2) is 9.79 Å². The number of carbonyl (C=O) groups is 3. The molecular weight excluding hydrogens is 516 g/mol. The van der Waals surface area contributed by atoms with Gasteiger partial charge in [0.1, 0.15) is 5.71 Å². The first-order valence-electron chi connectivity index (χ1n) is 15.5. The van der Waals surface area contributed by atoms with Gasteiger partial charge in [-0.2, -0.15) is 0 Å². The largest absolute Gasteiger partial charge is 0.481 e. The molecule has 2 aromatic rings. The highest BCUT2D eigenvalue weighted by molar-refractivity contribution is 6.54. The summed E-state index contributed by atoms with van der Waals surface area (Å²) in [5.41, 5.74) is 1.93. The van der Waals surface area contributed by atoms with Crippen LogP contribution in [-0.2, 0) is 9.59 Å². The van der Waals surface area contributed by atoms with Crippen LogP contribution in [0.1, 0.15) is 132 Å². The molecule has 0 unspecified atom stereocenters. The van der Waals surface area contributed by atoms with E-state index in [1.807, 2.05) is 6.07 Å². The number of aromatic carboxylic acids is 1. The molecule has 1 heterocycles. The standard InChI is InChI=1S/C19H38O2.C15H10N2O3/c1-2-3-4-5-6-7-8-9-10-11-12-13-14-15-16-17-18-19(20)21;18-14-13(9-5-1-3-7-11(9)17-14)16-12-8-4-2-6-10(12)15(19)20/h2-18H2,1H3,(H,20,21);1-8H,(H,19,20)(H,16,17,18). The van der Waals surface area contributed by atoms with Gasteiger partial charge in [0, 0.05) is 12.0 Å². The number of benzene rings is 2. The lowest BCUT2D eigenvalue weighted by atomic mass is 10.0. The number of carboxylic acids is 2. The summed E-state index contributed by atoms with van der Waals surface area (Å²) in [6, 6.07) is 13.5. The Morgan fingerprint density at radius 1 is 0.683 bits per heavy atom. The van der Waals surface area contributed by atoms with Gasteiger partial charge in [-0.05, 0) is 24.6 Å². The van der Waals surface area contributed by atoms with Gasteiger partial charge in [0.2, 0.25) is 0 Å². The van der Waals surface area contributed by atoms with Crippen molar-refractivity contribution in [1.29, 1.82) is 0 Å². The van der Waals surface area contributed by atoms with E-state index in [0.717, 1.165) is 12.8 Å². The van der Waals surface area contributed by atoms with E-state index in [1.54, 1.807) is 36.4 Å². The fourth-order valence-corrected chi connectivity index (χ4v) is 4.91. The van der Waals surface area contributed by atoms with Crippen LogP contribution >= 0.6 is 0 Å². The number of hydrogen-bond donors (Lipinski definition) is 3. The molecule has 0 saturated heterocycles. The predicted octanol–water partition coefficient (Wildman–Crippen LogP) is 9.18. The maximum absolute atomic E-state index is 11.9. The third kappa shape index (κ3) is 13.6. The average Bonchev–Trinajstić information content (AvgIpc) is 3.27. The fourth-order valence-electron chi connectivity index (χ4n) is 4.91. The number of anilines is 1. The zero-order valence-electron chi connectivity index (χ0n) is 24.7. The van der Waals surface area contributed by atoms with Gasteiger partial charge in [0.05, 0.1) is 16.9 Å². The smallest absolute Gasteiger partial charge is 0.337 e. The molecule has 3 rings (SSSR count). The molecule has 1 aliphatic heterocycles. The number of carboxylic acid groups (broad SMARTS) is 2. The van der Waals surface area contributed by atoms with Gasteiger partial charge >= 0.3 is 11.9 Å². The number of aliphatic imine (C=N–C) groups is 1. The lowest BCUT2D eigenvalue weighted by Crippen LogP contribution is -2.14. The van der Waals surface area contributed by atoms with E-state index in [1.165, 1.54) is 96.0 Å². The maximum atomic E-state index is 11.9. The fraction of sp³-hybridized carbons (Fsp3) is 0.529. The van der Waals surface area contributed by atoms with Crippen molar-refractivity contribution in [3.63, 3.8) is 0 Å². The normalized spacial score (nSPS) is 12.9. The molecule has 0 aromatic heterocycles. The van der Waals surface area contributed by atoms with E-state index in [4.69, 9.17) is 10.2 Å². The molecule has 7 heteroatoms. The summed E-state index contributed by atoms with van der Waals surface area (Å²) in [4.78, 5) is 37.7. The third-order valence-electron chi connectivity index (χ3n) is 7.26. The number of aliphatic carboxylic acids is 1. The van der Waals surface area contributed by atoms with Crippen LogP contribution in [0.15, 0.2) is 53.5 Å². The minimum absolute atomic E-state index is 0.0668. The summed E-state index contributed by atoms with van der Waals surface area (Å²) >= 11 is 0. The van der Waals surface area contributed by atoms with E-state index in [9.17, 15) is 14.4 Å². The summed E-state index contributed by atoms with van der Waals surface area (Å²) < 4.78 is 0. The van der Waals surface area contributed by atoms with E-state index < -0.39 is 11.9 Å². The minimum atomic E-state index is -1.07. The number of nitrogens with zero attached hydrogens (tertiary/aromatic N) is 1. The zero-order chi connectivity index (χ0) is 29.7. The van der Waals surface area contributed by atoms with Crippen LogP contribution in [0, 0.1) is 0 Å². The Labute approximate surface area is 245 Å². The summed E-state index contributed by atoms with van der Waals surface area (Å²) in [7, 11) is 0. The summed E-state index contributed by atoms with van der Waals surface area (Å²) in [6.45, 7) is 2.27. The van der Waals surface area contributed by atoms with Crippen molar-refractivity contribution in [3.8, 4) is 0 Å². The topological polar surface area (TPSA) is 116 Å². The van der Waals surface area contributed by atoms with Crippen molar-refractivity contribution < 1.29 is 24.6 Å². The Balaban J connectivity index is 0.000000287. The maximum Gasteiger partial charge on any atom is 0.337 e. The Hall–Kier alpha value is -3.48. The second-order valence-corrected chi connectivity index (χ2v) is 10.7. The second-order valence-electron chi connectivity index (χ2n) is 10.7. The molecule has 41 heavy (non-hydrogen) atoms. The molecule has 0 saturated carbocycles. The third-order valence-corrected chi connectivity index (χ3v) is 7.26. The molecule has 224 valence electrons. The summed E-state index contributed by atoms with van der Waals surface area (Å²) in [6.07, 6.45) is 21.7. The number of hydrogen-bond acceptors (Lipinski definition) is 4. The van der Waals surface area contributed by atoms with E-state index >= 15 is 0 Å². The quantitative estimate of drug-likeness (QED) is 0.147. The molecule has 0 aliphatic carbocycles. The molecule has 0 radical (unpaired) electrons. The highest BCUT2D eigenvalue weighted by atomic mass is 16.4. The SMILES string of the molecule is CCCCCCCCCCCCCCCCCCC(=O)O.O=C1Nc2ccccc2C1=Nc1ccccc1C(=O)O. The van der Waals surface area contributed by atoms with Crippen LogP contribution in [-0.4, -0.2) is 33.8 Å². The van der Waals surface area contributed by atoms with Gasteiger partial charge in [0.25, 0.3) is 5.91 Å². The van der Waals surface area contributed by atoms with Crippen LogP contribution in [0.5, 0.6) is 0 Å². The zero-order valence-corrected chi connectivity index (χ0v) is 24.7. The lowest BCUT2D eigenvalue weighted by molar-refractivity contribution is -0.137. The Morgan fingerprint density at radius 2 is 1.17 bits per heavy atom. The number of para-hydroxylation sites is 2. The number of carbonyl (C=O) groups excluding carboxylic acids is 1. The summed E-state index contributed by atoms with van der Waals surface area (Å²) in [5, 5.41) is 20.4. The van der Waals surface area contributed by atoms with Crippen molar-refractivity contribution >= 4 is 34.9 Å². The second kappa shape index (κ2) is 20.4. The van der Waals surface area contributed by atoms with E-state index in [2.05, 4.69) is 17.2 Å². The van der Waals surface area contributed by atoms with E-state index in [-0.39, 0.29) is 22.9 Å². The highest BCUT2D eigenvalue weighted by Crippen LogP contribution is 2.27. The van der Waals surface area contributed by atoms with Gasteiger partial charge < -0.3 is 15.5 Å². The Kier molecular flexibility index (Phi) is 16.8. The van der Waals surface area contributed by atoms with Gasteiger partial charge in [-0.3, -0.25) is 9.59 Å². The van der Waals surface area contributed by atoms with Crippen LogP contribution in [0.25, 0.3) is 0 Å². The summed E-state index contributed by atoms with van der Waals surface area (Å²) in [5.74, 6) is -2.05. The molecule has 1 aliphatic rings. The van der Waals surface area contributed by atoms with E-state index in [0.29, 0.717) is 17.7 Å². The molecular formula is C34H48N2O5. The van der Waals surface area contributed by atoms with Gasteiger partial charge in [0.15, 0.2) is 0 Å². The lowest BCUT2D eigenvalue weighted by Gasteiger charge is -2.03. The van der Waals surface area contributed by atoms with Crippen LogP contribution in [0.4, 0.5) is 11.4 Å². The molecule has 0 bridgehead atoms. The minimum Gasteiger partial charge on any atom is -0.481 e. The molecule has 0 fully saturated rings. The highest BCUT2D eigenvalue weighted by Gasteiger charge is 2.25. The average molecular weight is 565 g/mol. The first-order valence-corrected chi connectivity index (χ1v) is 15.5. The van der Waals surface area contributed by atoms with Crippen molar-refractivity contribution in [3.05, 3.63) is 59.7 Å². The number of nitrogens with one attached hydrogen (secondary N) is 1. The van der Waals surface area contributed by atoms with Crippen molar-refractivity contribution in [2.45, 2.75) is 116 Å². The van der Waals surface area contributed by atoms with Crippen LogP contribution in [0.3, 0.4) is 0 Å².